The van der Waals surface area contributed by atoms with Gasteiger partial charge in [-0.2, -0.15) is 0 Å². The summed E-state index contributed by atoms with van der Waals surface area (Å²) < 4.78 is 2.27. The van der Waals surface area contributed by atoms with Crippen molar-refractivity contribution in [2.75, 3.05) is 0 Å². The molecule has 0 spiro atoms. The number of nitrogens with zero attached hydrogens (tertiary/aromatic N) is 2. The molecule has 0 atom stereocenters. The number of hydrogen-bond acceptors (Lipinski definition) is 2. The first kappa shape index (κ1) is 11.9. The van der Waals surface area contributed by atoms with Gasteiger partial charge in [-0.15, -0.1) is 0 Å². The van der Waals surface area contributed by atoms with Crippen LogP contribution in [0.15, 0.2) is 54.9 Å². The summed E-state index contributed by atoms with van der Waals surface area (Å²) in [4.78, 5) is 4.36. The van der Waals surface area contributed by atoms with E-state index in [0.29, 0.717) is 6.54 Å². The molecule has 3 aromatic rings. The van der Waals surface area contributed by atoms with Gasteiger partial charge in [-0.05, 0) is 41.3 Å². The summed E-state index contributed by atoms with van der Waals surface area (Å²) in [6, 6.07) is 14.6. The van der Waals surface area contributed by atoms with Crippen LogP contribution in [0.3, 0.4) is 0 Å². The lowest BCUT2D eigenvalue weighted by Gasteiger charge is -2.05. The highest BCUT2D eigenvalue weighted by atomic mass is 15.0. The third kappa shape index (κ3) is 2.51. The Hall–Kier alpha value is -2.13. The zero-order valence-electron chi connectivity index (χ0n) is 10.8. The average molecular weight is 251 g/mol. The SMILES string of the molecule is NCc1ccc2c(ccn2CCc2ccccn2)c1. The van der Waals surface area contributed by atoms with E-state index in [0.717, 1.165) is 18.7 Å². The molecule has 3 heteroatoms. The van der Waals surface area contributed by atoms with Crippen LogP contribution in [0.1, 0.15) is 11.3 Å². The van der Waals surface area contributed by atoms with Crippen molar-refractivity contribution in [3.63, 3.8) is 0 Å². The lowest BCUT2D eigenvalue weighted by atomic mass is 10.1. The van der Waals surface area contributed by atoms with Crippen LogP contribution in [-0.4, -0.2) is 9.55 Å². The topological polar surface area (TPSA) is 43.8 Å². The Morgan fingerprint density at radius 2 is 2.05 bits per heavy atom. The normalized spacial score (nSPS) is 11.0. The molecular formula is C16H17N3. The van der Waals surface area contributed by atoms with Crippen molar-refractivity contribution in [3.05, 3.63) is 66.1 Å². The van der Waals surface area contributed by atoms with Crippen molar-refractivity contribution in [2.24, 2.45) is 5.73 Å². The highest BCUT2D eigenvalue weighted by Crippen LogP contribution is 2.18. The second kappa shape index (κ2) is 5.24. The predicted molar refractivity (Wildman–Crippen MR) is 77.8 cm³/mol. The third-order valence-corrected chi connectivity index (χ3v) is 3.41. The van der Waals surface area contributed by atoms with E-state index in [1.807, 2.05) is 18.3 Å². The molecule has 2 heterocycles. The molecule has 0 amide bonds. The number of aryl methyl sites for hydroxylation is 2. The minimum absolute atomic E-state index is 0.592. The minimum atomic E-state index is 0.592. The molecule has 0 saturated carbocycles. The molecule has 0 aliphatic rings. The Morgan fingerprint density at radius 1 is 1.11 bits per heavy atom. The molecule has 0 aliphatic carbocycles. The number of pyridine rings is 1. The summed E-state index contributed by atoms with van der Waals surface area (Å²) in [5.74, 6) is 0. The summed E-state index contributed by atoms with van der Waals surface area (Å²) >= 11 is 0. The fourth-order valence-corrected chi connectivity index (χ4v) is 2.35. The lowest BCUT2D eigenvalue weighted by Crippen LogP contribution is -2.01. The number of benzene rings is 1. The molecule has 2 aromatic heterocycles. The van der Waals surface area contributed by atoms with E-state index >= 15 is 0 Å². The highest BCUT2D eigenvalue weighted by molar-refractivity contribution is 5.80. The predicted octanol–water partition coefficient (Wildman–Crippen LogP) is 2.74. The lowest BCUT2D eigenvalue weighted by molar-refractivity contribution is 0.710. The van der Waals surface area contributed by atoms with Gasteiger partial charge in [0.25, 0.3) is 0 Å². The van der Waals surface area contributed by atoms with Crippen molar-refractivity contribution in [1.29, 1.82) is 0 Å². The molecule has 3 nitrogen and oxygen atoms in total. The van der Waals surface area contributed by atoms with E-state index in [2.05, 4.69) is 46.1 Å². The smallest absolute Gasteiger partial charge is 0.0480 e. The second-order valence-corrected chi connectivity index (χ2v) is 4.68. The fourth-order valence-electron chi connectivity index (χ4n) is 2.35. The Balaban J connectivity index is 1.82. The maximum atomic E-state index is 5.67. The van der Waals surface area contributed by atoms with Crippen LogP contribution in [0.5, 0.6) is 0 Å². The first-order chi connectivity index (χ1) is 9.36. The van der Waals surface area contributed by atoms with E-state index in [9.17, 15) is 0 Å². The van der Waals surface area contributed by atoms with Crippen molar-refractivity contribution >= 4 is 10.9 Å². The van der Waals surface area contributed by atoms with Crippen LogP contribution in [0.2, 0.25) is 0 Å². The number of fused-ring (bicyclic) bond motifs is 1. The minimum Gasteiger partial charge on any atom is -0.347 e. The molecule has 0 bridgehead atoms. The molecule has 0 aliphatic heterocycles. The number of aromatic nitrogens is 2. The van der Waals surface area contributed by atoms with Gasteiger partial charge < -0.3 is 10.3 Å². The fraction of sp³-hybridized carbons (Fsp3) is 0.188. The van der Waals surface area contributed by atoms with Gasteiger partial charge in [0.2, 0.25) is 0 Å². The maximum absolute atomic E-state index is 5.67. The second-order valence-electron chi connectivity index (χ2n) is 4.68. The van der Waals surface area contributed by atoms with Crippen LogP contribution >= 0.6 is 0 Å². The van der Waals surface area contributed by atoms with Crippen molar-refractivity contribution < 1.29 is 0 Å². The molecule has 3 rings (SSSR count). The maximum Gasteiger partial charge on any atom is 0.0480 e. The zero-order chi connectivity index (χ0) is 13.1. The number of nitrogens with two attached hydrogens (primary N) is 1. The summed E-state index contributed by atoms with van der Waals surface area (Å²) in [7, 11) is 0. The van der Waals surface area contributed by atoms with Crippen molar-refractivity contribution in [1.82, 2.24) is 9.55 Å². The number of hydrogen-bond donors (Lipinski definition) is 1. The van der Waals surface area contributed by atoms with E-state index in [1.165, 1.54) is 16.5 Å². The van der Waals surface area contributed by atoms with Crippen LogP contribution in [0, 0.1) is 0 Å². The van der Waals surface area contributed by atoms with Gasteiger partial charge in [0, 0.05) is 43.1 Å². The largest absolute Gasteiger partial charge is 0.347 e. The van der Waals surface area contributed by atoms with E-state index < -0.39 is 0 Å². The molecule has 1 aromatic carbocycles. The Morgan fingerprint density at radius 3 is 2.84 bits per heavy atom. The molecule has 19 heavy (non-hydrogen) atoms. The molecule has 96 valence electrons. The summed E-state index contributed by atoms with van der Waals surface area (Å²) in [5, 5.41) is 1.25. The van der Waals surface area contributed by atoms with E-state index in [4.69, 9.17) is 5.73 Å². The monoisotopic (exact) mass is 251 g/mol. The summed E-state index contributed by atoms with van der Waals surface area (Å²) in [5.41, 5.74) is 9.23. The summed E-state index contributed by atoms with van der Waals surface area (Å²) in [6.07, 6.45) is 4.92. The van der Waals surface area contributed by atoms with Gasteiger partial charge in [-0.25, -0.2) is 0 Å². The van der Waals surface area contributed by atoms with Crippen molar-refractivity contribution in [3.8, 4) is 0 Å². The van der Waals surface area contributed by atoms with Crippen LogP contribution in [0.4, 0.5) is 0 Å². The first-order valence-corrected chi connectivity index (χ1v) is 6.54. The summed E-state index contributed by atoms with van der Waals surface area (Å²) in [6.45, 7) is 1.54. The van der Waals surface area contributed by atoms with Gasteiger partial charge in [0.05, 0.1) is 0 Å². The van der Waals surface area contributed by atoms with Crippen LogP contribution in [-0.2, 0) is 19.5 Å². The Labute approximate surface area is 112 Å². The number of rotatable bonds is 4. The molecule has 0 radical (unpaired) electrons. The van der Waals surface area contributed by atoms with E-state index in [1.54, 1.807) is 0 Å². The van der Waals surface area contributed by atoms with Crippen LogP contribution < -0.4 is 5.73 Å². The molecule has 0 fully saturated rings. The van der Waals surface area contributed by atoms with Gasteiger partial charge in [0.15, 0.2) is 0 Å². The van der Waals surface area contributed by atoms with Crippen LogP contribution in [0.25, 0.3) is 10.9 Å². The molecule has 0 saturated heterocycles. The average Bonchev–Trinajstić information content (AvgIpc) is 2.88. The standard InChI is InChI=1S/C16H17N3/c17-12-13-4-5-16-14(11-13)6-9-19(16)10-7-15-3-1-2-8-18-15/h1-6,8-9,11H,7,10,12,17H2. The van der Waals surface area contributed by atoms with Gasteiger partial charge in [0.1, 0.15) is 0 Å². The van der Waals surface area contributed by atoms with Gasteiger partial charge in [-0.1, -0.05) is 12.1 Å². The molecular weight excluding hydrogens is 234 g/mol. The quantitative estimate of drug-likeness (QED) is 0.775. The molecule has 0 unspecified atom stereocenters. The molecule has 2 N–H and O–H groups in total. The zero-order valence-corrected chi connectivity index (χ0v) is 10.8. The van der Waals surface area contributed by atoms with Gasteiger partial charge >= 0.3 is 0 Å². The Bertz CT molecular complexity index is 671. The highest BCUT2D eigenvalue weighted by Gasteiger charge is 2.02. The van der Waals surface area contributed by atoms with Crippen molar-refractivity contribution in [2.45, 2.75) is 19.5 Å². The van der Waals surface area contributed by atoms with E-state index in [-0.39, 0.29) is 0 Å². The first-order valence-electron chi connectivity index (χ1n) is 6.54. The Kier molecular flexibility index (Phi) is 3.29. The third-order valence-electron chi connectivity index (χ3n) is 3.41. The van der Waals surface area contributed by atoms with Gasteiger partial charge in [-0.3, -0.25) is 4.98 Å².